The number of benzene rings is 1. The Hall–Kier alpha value is -3.47. The van der Waals surface area contributed by atoms with Crippen LogP contribution in [0.15, 0.2) is 30.3 Å². The van der Waals surface area contributed by atoms with Crippen LogP contribution in [0.2, 0.25) is 0 Å². The maximum Gasteiger partial charge on any atom is 0.338 e. The SMILES string of the molecule is CC(=O)OC1CC(C)(C)CC2C1(OC(C)=O)CC1(C)C(OC(C)=O)C3C(OC(=O)c4ccccc4)C(C)CC3(O)C(OC(C)=O)C21C. The van der Waals surface area contributed by atoms with Gasteiger partial charge in [0.05, 0.1) is 11.5 Å². The van der Waals surface area contributed by atoms with Crippen molar-refractivity contribution in [2.45, 2.75) is 124 Å². The van der Waals surface area contributed by atoms with E-state index >= 15 is 0 Å². The third-order valence-electron chi connectivity index (χ3n) is 11.8. The van der Waals surface area contributed by atoms with Gasteiger partial charge in [-0.3, -0.25) is 19.2 Å². The van der Waals surface area contributed by atoms with Gasteiger partial charge in [-0.1, -0.05) is 52.8 Å². The van der Waals surface area contributed by atoms with Gasteiger partial charge in [0.1, 0.15) is 30.0 Å². The van der Waals surface area contributed by atoms with Gasteiger partial charge in [-0.2, -0.15) is 0 Å². The van der Waals surface area contributed by atoms with Crippen molar-refractivity contribution in [3.8, 4) is 0 Å². The molecule has 0 bridgehead atoms. The van der Waals surface area contributed by atoms with Gasteiger partial charge in [0, 0.05) is 50.9 Å². The van der Waals surface area contributed by atoms with Gasteiger partial charge in [0.15, 0.2) is 5.60 Å². The molecule has 11 nitrogen and oxygen atoms in total. The third kappa shape index (κ3) is 5.42. The van der Waals surface area contributed by atoms with Gasteiger partial charge in [0.25, 0.3) is 0 Å². The molecule has 4 fully saturated rings. The van der Waals surface area contributed by atoms with Gasteiger partial charge in [-0.25, -0.2) is 4.79 Å². The van der Waals surface area contributed by atoms with Crippen molar-refractivity contribution in [3.05, 3.63) is 35.9 Å². The lowest BCUT2D eigenvalue weighted by Gasteiger charge is -2.63. The van der Waals surface area contributed by atoms with Crippen molar-refractivity contribution in [3.63, 3.8) is 0 Å². The van der Waals surface area contributed by atoms with Crippen molar-refractivity contribution in [2.75, 3.05) is 0 Å². The predicted molar refractivity (Wildman–Crippen MR) is 166 cm³/mol. The Bertz CT molecular complexity index is 1460. The summed E-state index contributed by atoms with van der Waals surface area (Å²) in [5.41, 5.74) is -5.72. The van der Waals surface area contributed by atoms with E-state index in [0.717, 1.165) is 0 Å². The summed E-state index contributed by atoms with van der Waals surface area (Å²) in [5.74, 6) is -5.06. The van der Waals surface area contributed by atoms with Gasteiger partial charge in [0.2, 0.25) is 0 Å². The Kier molecular flexibility index (Phi) is 8.60. The Morgan fingerprint density at radius 1 is 0.766 bits per heavy atom. The minimum Gasteiger partial charge on any atom is -0.461 e. The number of carbonyl (C=O) groups is 5. The van der Waals surface area contributed by atoms with Crippen LogP contribution in [-0.4, -0.2) is 70.6 Å². The molecule has 0 aromatic heterocycles. The van der Waals surface area contributed by atoms with E-state index in [-0.39, 0.29) is 12.8 Å². The van der Waals surface area contributed by atoms with Crippen molar-refractivity contribution < 1.29 is 52.8 Å². The normalized spacial score (nSPS) is 41.4. The zero-order valence-corrected chi connectivity index (χ0v) is 28.8. The van der Waals surface area contributed by atoms with Crippen LogP contribution in [0.5, 0.6) is 0 Å². The minimum absolute atomic E-state index is 0.0603. The smallest absolute Gasteiger partial charge is 0.338 e. The first-order chi connectivity index (χ1) is 21.7. The summed E-state index contributed by atoms with van der Waals surface area (Å²) in [6.45, 7) is 14.8. The molecule has 11 atom stereocenters. The summed E-state index contributed by atoms with van der Waals surface area (Å²) in [4.78, 5) is 64.9. The summed E-state index contributed by atoms with van der Waals surface area (Å²) in [7, 11) is 0. The number of carbonyl (C=O) groups excluding carboxylic acids is 5. The molecule has 0 aliphatic heterocycles. The molecule has 0 heterocycles. The fraction of sp³-hybridized carbons (Fsp3) is 0.694. The molecular formula is C36H48O11. The highest BCUT2D eigenvalue weighted by atomic mass is 16.6. The van der Waals surface area contributed by atoms with E-state index in [0.29, 0.717) is 18.4 Å². The second-order valence-corrected chi connectivity index (χ2v) is 15.6. The van der Waals surface area contributed by atoms with Gasteiger partial charge in [-0.15, -0.1) is 0 Å². The largest absolute Gasteiger partial charge is 0.461 e. The molecular weight excluding hydrogens is 608 g/mol. The Balaban J connectivity index is 1.76. The molecule has 47 heavy (non-hydrogen) atoms. The lowest BCUT2D eigenvalue weighted by atomic mass is 9.46. The van der Waals surface area contributed by atoms with E-state index in [2.05, 4.69) is 0 Å². The quantitative estimate of drug-likeness (QED) is 0.339. The van der Waals surface area contributed by atoms with Crippen molar-refractivity contribution >= 4 is 29.8 Å². The van der Waals surface area contributed by atoms with Gasteiger partial charge >= 0.3 is 29.8 Å². The predicted octanol–water partition coefficient (Wildman–Crippen LogP) is 4.56. The summed E-state index contributed by atoms with van der Waals surface area (Å²) in [6, 6.07) is 8.46. The summed E-state index contributed by atoms with van der Waals surface area (Å²) in [5, 5.41) is 13.0. The van der Waals surface area contributed by atoms with Crippen molar-refractivity contribution in [2.24, 2.45) is 34.0 Å². The Morgan fingerprint density at radius 3 is 1.91 bits per heavy atom. The maximum absolute atomic E-state index is 13.5. The molecule has 258 valence electrons. The van der Waals surface area contributed by atoms with Crippen LogP contribution in [-0.2, 0) is 42.9 Å². The molecule has 1 N–H and O–H groups in total. The van der Waals surface area contributed by atoms with E-state index < -0.39 is 99.5 Å². The van der Waals surface area contributed by atoms with E-state index in [1.165, 1.54) is 27.7 Å². The monoisotopic (exact) mass is 656 g/mol. The summed E-state index contributed by atoms with van der Waals surface area (Å²) in [6.07, 6.45) is -3.15. The van der Waals surface area contributed by atoms with E-state index in [9.17, 15) is 29.1 Å². The number of aliphatic hydroxyl groups is 1. The average molecular weight is 657 g/mol. The fourth-order valence-electron chi connectivity index (χ4n) is 10.3. The number of hydrogen-bond acceptors (Lipinski definition) is 11. The number of fused-ring (bicyclic) bond motifs is 4. The molecule has 0 radical (unpaired) electrons. The highest BCUT2D eigenvalue weighted by Gasteiger charge is 2.85. The molecule has 1 aromatic carbocycles. The second-order valence-electron chi connectivity index (χ2n) is 15.6. The molecule has 4 aliphatic rings. The van der Waals surface area contributed by atoms with Gasteiger partial charge in [-0.05, 0) is 42.7 Å². The number of hydrogen-bond donors (Lipinski definition) is 1. The molecule has 4 aliphatic carbocycles. The maximum atomic E-state index is 13.5. The van der Waals surface area contributed by atoms with Gasteiger partial charge < -0.3 is 28.8 Å². The third-order valence-corrected chi connectivity index (χ3v) is 11.8. The molecule has 5 rings (SSSR count). The van der Waals surface area contributed by atoms with Crippen LogP contribution in [0.4, 0.5) is 0 Å². The molecule has 0 saturated heterocycles. The first-order valence-electron chi connectivity index (χ1n) is 16.4. The van der Waals surface area contributed by atoms with Crippen LogP contribution in [0.25, 0.3) is 0 Å². The zero-order valence-electron chi connectivity index (χ0n) is 28.8. The molecule has 0 amide bonds. The van der Waals surface area contributed by atoms with Crippen LogP contribution in [0.1, 0.15) is 98.4 Å². The fourth-order valence-corrected chi connectivity index (χ4v) is 10.3. The topological polar surface area (TPSA) is 152 Å². The molecule has 0 spiro atoms. The average Bonchev–Trinajstić information content (AvgIpc) is 3.30. The number of rotatable bonds is 6. The zero-order chi connectivity index (χ0) is 34.9. The minimum atomic E-state index is -1.83. The Morgan fingerprint density at radius 2 is 1.36 bits per heavy atom. The molecule has 1 aromatic rings. The second kappa shape index (κ2) is 11.6. The first kappa shape index (κ1) is 34.9. The summed E-state index contributed by atoms with van der Waals surface area (Å²) >= 11 is 0. The van der Waals surface area contributed by atoms with Crippen molar-refractivity contribution in [1.29, 1.82) is 0 Å². The molecule has 11 heteroatoms. The van der Waals surface area contributed by atoms with E-state index in [4.69, 9.17) is 23.7 Å². The highest BCUT2D eigenvalue weighted by Crippen LogP contribution is 2.76. The number of esters is 5. The standard InChI is InChI=1S/C36H48O11/c1-19-15-35(42)27(28(19)46-30(41)24-13-11-10-12-14-24)29(44-21(3)38)33(8)18-36(47-23(5)40)25(34(33,9)31(35)45-22(4)39)16-32(6,7)17-26(36)43-20(2)37/h10-14,19,25-29,31,42H,15-18H2,1-9H3. The lowest BCUT2D eigenvalue weighted by molar-refractivity contribution is -0.288. The van der Waals surface area contributed by atoms with E-state index in [1.807, 2.05) is 34.6 Å². The lowest BCUT2D eigenvalue weighted by Crippen LogP contribution is -2.73. The van der Waals surface area contributed by atoms with Crippen LogP contribution in [0.3, 0.4) is 0 Å². The van der Waals surface area contributed by atoms with E-state index in [1.54, 1.807) is 30.3 Å². The number of ether oxygens (including phenoxy) is 5. The van der Waals surface area contributed by atoms with Crippen LogP contribution < -0.4 is 0 Å². The van der Waals surface area contributed by atoms with Crippen LogP contribution in [0, 0.1) is 34.0 Å². The summed E-state index contributed by atoms with van der Waals surface area (Å²) < 4.78 is 30.8. The first-order valence-corrected chi connectivity index (χ1v) is 16.4. The molecule has 4 saturated carbocycles. The van der Waals surface area contributed by atoms with Crippen molar-refractivity contribution in [1.82, 2.24) is 0 Å². The highest BCUT2D eigenvalue weighted by molar-refractivity contribution is 5.89. The Labute approximate surface area is 276 Å². The molecule has 11 unspecified atom stereocenters. The van der Waals surface area contributed by atoms with Crippen LogP contribution >= 0.6 is 0 Å².